The summed E-state index contributed by atoms with van der Waals surface area (Å²) >= 11 is 0. The number of fused-ring (bicyclic) bond motifs is 6. The Bertz CT molecular complexity index is 2340. The molecule has 3 heteroatoms. The van der Waals surface area contributed by atoms with E-state index in [1.807, 2.05) is 0 Å². The van der Waals surface area contributed by atoms with Gasteiger partial charge in [-0.25, -0.2) is 0 Å². The van der Waals surface area contributed by atoms with Crippen molar-refractivity contribution in [3.63, 3.8) is 0 Å². The third kappa shape index (κ3) is 5.89. The lowest BCUT2D eigenvalue weighted by molar-refractivity contribution is 0.608. The summed E-state index contributed by atoms with van der Waals surface area (Å²) in [4.78, 5) is 5.17. The third-order valence-corrected chi connectivity index (χ3v) is 13.5. The zero-order valence-corrected chi connectivity index (χ0v) is 34.5. The van der Waals surface area contributed by atoms with E-state index in [1.54, 1.807) is 16.7 Å². The van der Waals surface area contributed by atoms with Crippen molar-refractivity contribution in [2.75, 3.05) is 22.9 Å². The maximum atomic E-state index is 2.59. The van der Waals surface area contributed by atoms with Crippen LogP contribution >= 0.6 is 0 Å². The van der Waals surface area contributed by atoms with Crippen molar-refractivity contribution < 1.29 is 0 Å². The fraction of sp³-hybridized carbons (Fsp3) is 0.340. The Morgan fingerprint density at radius 1 is 0.536 bits per heavy atom. The molecule has 9 rings (SSSR count). The fourth-order valence-corrected chi connectivity index (χ4v) is 10.9. The molecule has 3 nitrogen and oxygen atoms in total. The second-order valence-electron chi connectivity index (χ2n) is 17.4. The van der Waals surface area contributed by atoms with Crippen LogP contribution in [0.25, 0.3) is 0 Å². The van der Waals surface area contributed by atoms with Crippen molar-refractivity contribution in [2.45, 2.75) is 104 Å². The summed E-state index contributed by atoms with van der Waals surface area (Å²) in [7, 11) is 0. The van der Waals surface area contributed by atoms with Crippen LogP contribution in [-0.2, 0) is 36.5 Å². The number of allylic oxidation sites excluding steroid dienone is 10. The van der Waals surface area contributed by atoms with Crippen LogP contribution in [0.2, 0.25) is 0 Å². The van der Waals surface area contributed by atoms with Crippen LogP contribution in [0.5, 0.6) is 0 Å². The fourth-order valence-electron chi connectivity index (χ4n) is 10.9. The normalized spacial score (nSPS) is 21.9. The molecule has 284 valence electrons. The highest BCUT2D eigenvalue weighted by Crippen LogP contribution is 2.52. The molecule has 56 heavy (non-hydrogen) atoms. The second-order valence-corrected chi connectivity index (χ2v) is 17.4. The first kappa shape index (κ1) is 36.5. The van der Waals surface area contributed by atoms with Crippen molar-refractivity contribution >= 4 is 28.5 Å². The van der Waals surface area contributed by atoms with Gasteiger partial charge in [0.05, 0.1) is 0 Å². The highest BCUT2D eigenvalue weighted by molar-refractivity contribution is 6.17. The lowest BCUT2D eigenvalue weighted by atomic mass is 9.76. The molecular formula is C53H58N3+. The van der Waals surface area contributed by atoms with Crippen LogP contribution in [0.3, 0.4) is 0 Å². The summed E-state index contributed by atoms with van der Waals surface area (Å²) < 4.78 is 2.51. The molecule has 4 aromatic rings. The van der Waals surface area contributed by atoms with E-state index in [9.17, 15) is 0 Å². The Labute approximate surface area is 335 Å². The lowest BCUT2D eigenvalue weighted by Crippen LogP contribution is -2.26. The molecule has 0 amide bonds. The monoisotopic (exact) mass is 736 g/mol. The maximum absolute atomic E-state index is 2.59. The van der Waals surface area contributed by atoms with Gasteiger partial charge >= 0.3 is 0 Å². The summed E-state index contributed by atoms with van der Waals surface area (Å²) in [6.07, 6.45) is 23.7. The molecule has 0 radical (unpaired) electrons. The maximum Gasteiger partial charge on any atom is 0.218 e. The zero-order chi connectivity index (χ0) is 38.6. The topological polar surface area (TPSA) is 9.49 Å². The van der Waals surface area contributed by atoms with Gasteiger partial charge in [0, 0.05) is 82.1 Å². The van der Waals surface area contributed by atoms with E-state index in [0.717, 1.165) is 38.8 Å². The molecular weight excluding hydrogens is 679 g/mol. The van der Waals surface area contributed by atoms with Crippen LogP contribution in [0.1, 0.15) is 101 Å². The van der Waals surface area contributed by atoms with Gasteiger partial charge < -0.3 is 9.80 Å². The minimum atomic E-state index is -0.0921. The minimum absolute atomic E-state index is 0.0624. The molecule has 3 aliphatic carbocycles. The molecule has 0 aromatic heterocycles. The van der Waals surface area contributed by atoms with Gasteiger partial charge in [-0.2, -0.15) is 4.58 Å². The molecule has 5 aliphatic rings. The number of para-hydroxylation sites is 2. The number of rotatable bonds is 6. The Morgan fingerprint density at radius 2 is 1.04 bits per heavy atom. The number of aryl methyl sites for hydroxylation is 1. The quantitative estimate of drug-likeness (QED) is 0.144. The standard InChI is InChI=1S/C53H58N3/c1-7-54-45-33-29-37-19-15-17-25-43(37)49(45)52(3,4)47(54)35-31-39-27-28-40(51(39)56(41-21-11-9-12-22-41)42-23-13-10-14-24-42)32-36-48-53(5,6)50-44-26-18-16-20-38(44)30-34-46(50)55(48)8-2/h9-15,17,21-24,29-36H,7-8,16,18-20,25-28H2,1-6H3/q+1. The molecule has 0 spiro atoms. The summed E-state index contributed by atoms with van der Waals surface area (Å²) in [5.41, 5.74) is 21.2. The van der Waals surface area contributed by atoms with Crippen molar-refractivity contribution in [1.29, 1.82) is 0 Å². The molecule has 0 atom stereocenters. The number of nitrogens with zero attached hydrogens (tertiary/aromatic N) is 3. The first-order valence-corrected chi connectivity index (χ1v) is 21.3. The molecule has 4 aromatic carbocycles. The Hall–Kier alpha value is -5.15. The van der Waals surface area contributed by atoms with Gasteiger partial charge in [-0.05, 0) is 123 Å². The summed E-state index contributed by atoms with van der Waals surface area (Å²) in [6, 6.07) is 31.6. The van der Waals surface area contributed by atoms with Crippen LogP contribution in [0.15, 0.2) is 144 Å². The zero-order valence-electron chi connectivity index (χ0n) is 34.5. The first-order valence-electron chi connectivity index (χ1n) is 21.3. The van der Waals surface area contributed by atoms with Crippen LogP contribution in [0, 0.1) is 0 Å². The lowest BCUT2D eigenvalue weighted by Gasteiger charge is -2.27. The van der Waals surface area contributed by atoms with Gasteiger partial charge in [-0.15, -0.1) is 0 Å². The van der Waals surface area contributed by atoms with Gasteiger partial charge in [-0.3, -0.25) is 0 Å². The SMILES string of the molecule is CCN1/C(=C/C=C2\CC/C(=C\C=C3\N(CC)c4ccc5c(c4C3(C)C)CCCC5)C2=[N+](c2ccccc2)c2ccccc2)C(C)(C)c2c1ccc1c2CC=CC1. The molecule has 2 heterocycles. The molecule has 1 saturated carbocycles. The second kappa shape index (κ2) is 14.4. The van der Waals surface area contributed by atoms with Gasteiger partial charge in [0.2, 0.25) is 17.1 Å². The average Bonchev–Trinajstić information content (AvgIpc) is 3.80. The Kier molecular flexibility index (Phi) is 9.39. The molecule has 0 bridgehead atoms. The highest BCUT2D eigenvalue weighted by Gasteiger charge is 2.44. The molecule has 0 unspecified atom stereocenters. The van der Waals surface area contributed by atoms with E-state index in [2.05, 4.69) is 177 Å². The number of benzene rings is 4. The van der Waals surface area contributed by atoms with Gasteiger partial charge in [0.1, 0.15) is 0 Å². The van der Waals surface area contributed by atoms with Crippen molar-refractivity contribution in [1.82, 2.24) is 4.58 Å². The van der Waals surface area contributed by atoms with E-state index >= 15 is 0 Å². The molecule has 1 fully saturated rings. The van der Waals surface area contributed by atoms with E-state index in [0.29, 0.717) is 0 Å². The largest absolute Gasteiger partial charge is 0.344 e. The van der Waals surface area contributed by atoms with Crippen LogP contribution in [-0.4, -0.2) is 18.8 Å². The van der Waals surface area contributed by atoms with Crippen molar-refractivity contribution in [2.24, 2.45) is 0 Å². The highest BCUT2D eigenvalue weighted by atomic mass is 15.2. The molecule has 2 aliphatic heterocycles. The van der Waals surface area contributed by atoms with E-state index in [4.69, 9.17) is 0 Å². The Balaban J connectivity index is 1.21. The predicted octanol–water partition coefficient (Wildman–Crippen LogP) is 12.5. The molecule has 0 N–H and O–H groups in total. The number of likely N-dealkylation sites (N-methyl/N-ethyl adjacent to an activating group) is 2. The predicted molar refractivity (Wildman–Crippen MR) is 239 cm³/mol. The number of hydrogen-bond acceptors (Lipinski definition) is 2. The van der Waals surface area contributed by atoms with Crippen molar-refractivity contribution in [3.05, 3.63) is 177 Å². The van der Waals surface area contributed by atoms with E-state index in [-0.39, 0.29) is 10.8 Å². The van der Waals surface area contributed by atoms with E-state index < -0.39 is 0 Å². The van der Waals surface area contributed by atoms with Gasteiger partial charge in [-0.1, -0.05) is 101 Å². The number of hydrogen-bond donors (Lipinski definition) is 0. The number of anilines is 2. The summed E-state index contributed by atoms with van der Waals surface area (Å²) in [5.74, 6) is 0. The van der Waals surface area contributed by atoms with Crippen LogP contribution in [0.4, 0.5) is 22.7 Å². The van der Waals surface area contributed by atoms with Crippen molar-refractivity contribution in [3.8, 4) is 0 Å². The summed E-state index contributed by atoms with van der Waals surface area (Å²) in [5, 5.41) is 0. The summed E-state index contributed by atoms with van der Waals surface area (Å²) in [6.45, 7) is 16.3. The smallest absolute Gasteiger partial charge is 0.218 e. The third-order valence-electron chi connectivity index (χ3n) is 13.5. The first-order chi connectivity index (χ1) is 27.2. The minimum Gasteiger partial charge on any atom is -0.344 e. The average molecular weight is 737 g/mol. The van der Waals surface area contributed by atoms with Gasteiger partial charge in [0.15, 0.2) is 0 Å². The van der Waals surface area contributed by atoms with E-state index in [1.165, 1.54) is 93.4 Å². The molecule has 0 saturated heterocycles. The Morgan fingerprint density at radius 3 is 1.59 bits per heavy atom. The van der Waals surface area contributed by atoms with Gasteiger partial charge in [0.25, 0.3) is 0 Å². The van der Waals surface area contributed by atoms with Crippen LogP contribution < -0.4 is 14.4 Å².